The zero-order valence-corrected chi connectivity index (χ0v) is 21.3. The number of halogens is 3. The maximum atomic E-state index is 13.2. The van der Waals surface area contributed by atoms with Crippen LogP contribution in [0.5, 0.6) is 0 Å². The van der Waals surface area contributed by atoms with Crippen LogP contribution < -0.4 is 4.90 Å². The van der Waals surface area contributed by atoms with Crippen LogP contribution in [-0.2, 0) is 11.0 Å². The summed E-state index contributed by atoms with van der Waals surface area (Å²) in [7, 11) is 0. The molecule has 2 atom stereocenters. The lowest BCUT2D eigenvalue weighted by molar-refractivity contribution is -0.137. The van der Waals surface area contributed by atoms with Crippen LogP contribution in [0.15, 0.2) is 24.3 Å². The molecule has 1 aromatic carbocycles. The van der Waals surface area contributed by atoms with E-state index in [0.717, 1.165) is 90.7 Å². The second-order valence-electron chi connectivity index (χ2n) is 11.0. The van der Waals surface area contributed by atoms with E-state index in [0.29, 0.717) is 35.9 Å². The molecule has 196 valence electrons. The van der Waals surface area contributed by atoms with Gasteiger partial charge in [-0.25, -0.2) is 0 Å². The predicted octanol–water partition coefficient (Wildman–Crippen LogP) is 4.58. The lowest BCUT2D eigenvalue weighted by atomic mass is 9.86. The number of hydrogen-bond acceptors (Lipinski definition) is 4. The summed E-state index contributed by atoms with van der Waals surface area (Å²) < 4.78 is 39.5. The summed E-state index contributed by atoms with van der Waals surface area (Å²) in [6, 6.07) is 6.13. The Bertz CT molecular complexity index is 832. The van der Waals surface area contributed by atoms with Gasteiger partial charge in [0.05, 0.1) is 5.56 Å². The molecule has 1 aromatic rings. The summed E-state index contributed by atoms with van der Waals surface area (Å²) in [5.41, 5.74) is 0.0664. The van der Waals surface area contributed by atoms with Crippen molar-refractivity contribution in [3.63, 3.8) is 0 Å². The van der Waals surface area contributed by atoms with E-state index in [2.05, 4.69) is 28.5 Å². The van der Waals surface area contributed by atoms with E-state index in [-0.39, 0.29) is 0 Å². The summed E-state index contributed by atoms with van der Waals surface area (Å²) in [6.45, 7) is 12.7. The molecule has 8 heteroatoms. The highest BCUT2D eigenvalue weighted by Crippen LogP contribution is 2.33. The SMILES string of the molecule is CC(C)CN1CC[C@@H](N2CCN(c3cccc(C(F)(F)F)c3)CC2)[C@@H](CCC(=O)N2CCCC2)C1. The Kier molecular flexibility index (Phi) is 8.63. The molecule has 4 rings (SSSR count). The molecule has 3 aliphatic rings. The summed E-state index contributed by atoms with van der Waals surface area (Å²) in [5.74, 6) is 1.38. The number of amides is 1. The van der Waals surface area contributed by atoms with Crippen LogP contribution in [0, 0.1) is 11.8 Å². The number of anilines is 1. The van der Waals surface area contributed by atoms with E-state index in [1.807, 2.05) is 4.90 Å². The number of piperidine rings is 1. The van der Waals surface area contributed by atoms with E-state index in [1.165, 1.54) is 12.1 Å². The first-order valence-corrected chi connectivity index (χ1v) is 13.4. The van der Waals surface area contributed by atoms with Crippen LogP contribution in [0.25, 0.3) is 0 Å². The van der Waals surface area contributed by atoms with Gasteiger partial charge >= 0.3 is 6.18 Å². The standard InChI is InChI=1S/C27H41F3N4O/c1-21(2)19-31-13-10-25(22(20-31)8-9-26(35)34-11-3-4-12-34)33-16-14-32(15-17-33)24-7-5-6-23(18-24)27(28,29)30/h5-7,18,21-22,25H,3-4,8-17,19-20H2,1-2H3/t22-,25+/m0/s1. The number of nitrogens with zero attached hydrogens (tertiary/aromatic N) is 4. The van der Waals surface area contributed by atoms with Crippen LogP contribution in [0.3, 0.4) is 0 Å². The quantitative estimate of drug-likeness (QED) is 0.555. The molecule has 3 aliphatic heterocycles. The van der Waals surface area contributed by atoms with Crippen molar-refractivity contribution in [1.82, 2.24) is 14.7 Å². The van der Waals surface area contributed by atoms with Crippen molar-refractivity contribution in [3.8, 4) is 0 Å². The van der Waals surface area contributed by atoms with Crippen LogP contribution in [0.1, 0.15) is 51.5 Å². The molecule has 0 spiro atoms. The first-order chi connectivity index (χ1) is 16.7. The molecule has 5 nitrogen and oxygen atoms in total. The summed E-state index contributed by atoms with van der Waals surface area (Å²) >= 11 is 0. The zero-order chi connectivity index (χ0) is 25.0. The Morgan fingerprint density at radius 2 is 1.74 bits per heavy atom. The molecule has 0 aliphatic carbocycles. The molecule has 0 bridgehead atoms. The number of rotatable bonds is 7. The highest BCUT2D eigenvalue weighted by molar-refractivity contribution is 5.76. The van der Waals surface area contributed by atoms with Crippen molar-refractivity contribution < 1.29 is 18.0 Å². The highest BCUT2D eigenvalue weighted by atomic mass is 19.4. The number of carbonyl (C=O) groups is 1. The average Bonchev–Trinajstić information content (AvgIpc) is 3.37. The molecule has 0 unspecified atom stereocenters. The van der Waals surface area contributed by atoms with Gasteiger partial charge in [-0.2, -0.15) is 13.2 Å². The summed E-state index contributed by atoms with van der Waals surface area (Å²) in [6.07, 6.45) is 0.565. The first-order valence-electron chi connectivity index (χ1n) is 13.4. The number of carbonyl (C=O) groups excluding carboxylic acids is 1. The molecule has 1 amide bonds. The lowest BCUT2D eigenvalue weighted by Crippen LogP contribution is -2.57. The van der Waals surface area contributed by atoms with Crippen molar-refractivity contribution in [1.29, 1.82) is 0 Å². The fourth-order valence-corrected chi connectivity index (χ4v) is 6.17. The van der Waals surface area contributed by atoms with Gasteiger partial charge in [-0.05, 0) is 62.3 Å². The zero-order valence-electron chi connectivity index (χ0n) is 21.3. The molecule has 0 radical (unpaired) electrons. The number of hydrogen-bond donors (Lipinski definition) is 0. The summed E-state index contributed by atoms with van der Waals surface area (Å²) in [5, 5.41) is 0. The fourth-order valence-electron chi connectivity index (χ4n) is 6.17. The predicted molar refractivity (Wildman–Crippen MR) is 133 cm³/mol. The van der Waals surface area contributed by atoms with Crippen molar-refractivity contribution in [3.05, 3.63) is 29.8 Å². The Labute approximate surface area is 208 Å². The second kappa shape index (κ2) is 11.5. The smallest absolute Gasteiger partial charge is 0.369 e. The van der Waals surface area contributed by atoms with Gasteiger partial charge in [0.25, 0.3) is 0 Å². The Morgan fingerprint density at radius 1 is 1.03 bits per heavy atom. The molecule has 3 saturated heterocycles. The number of benzene rings is 1. The molecule has 3 heterocycles. The number of likely N-dealkylation sites (tertiary alicyclic amines) is 2. The first kappa shape index (κ1) is 26.3. The molecule has 35 heavy (non-hydrogen) atoms. The molecule has 0 saturated carbocycles. The Hall–Kier alpha value is -1.80. The van der Waals surface area contributed by atoms with Gasteiger partial charge in [-0.15, -0.1) is 0 Å². The third-order valence-corrected chi connectivity index (χ3v) is 7.91. The topological polar surface area (TPSA) is 30.0 Å². The van der Waals surface area contributed by atoms with Gasteiger partial charge in [0, 0.05) is 70.5 Å². The van der Waals surface area contributed by atoms with E-state index in [1.54, 1.807) is 6.07 Å². The minimum absolute atomic E-state index is 0.302. The second-order valence-corrected chi connectivity index (χ2v) is 11.0. The number of piperazine rings is 1. The van der Waals surface area contributed by atoms with Crippen molar-refractivity contribution in [2.75, 3.05) is 63.8 Å². The van der Waals surface area contributed by atoms with Gasteiger partial charge in [-0.1, -0.05) is 19.9 Å². The molecule has 0 N–H and O–H groups in total. The fraction of sp³-hybridized carbons (Fsp3) is 0.741. The summed E-state index contributed by atoms with van der Waals surface area (Å²) in [4.78, 5) is 21.9. The monoisotopic (exact) mass is 494 g/mol. The van der Waals surface area contributed by atoms with Gasteiger partial charge < -0.3 is 14.7 Å². The van der Waals surface area contributed by atoms with Crippen molar-refractivity contribution in [2.45, 2.75) is 58.2 Å². The van der Waals surface area contributed by atoms with E-state index in [4.69, 9.17) is 0 Å². The number of alkyl halides is 3. The van der Waals surface area contributed by atoms with Crippen LogP contribution in [0.4, 0.5) is 18.9 Å². The molecular formula is C27H41F3N4O. The van der Waals surface area contributed by atoms with Gasteiger partial charge in [0.1, 0.15) is 0 Å². The molecule has 3 fully saturated rings. The van der Waals surface area contributed by atoms with Crippen LogP contribution in [-0.4, -0.2) is 85.6 Å². The van der Waals surface area contributed by atoms with E-state index >= 15 is 0 Å². The molecule has 0 aromatic heterocycles. The lowest BCUT2D eigenvalue weighted by Gasteiger charge is -2.47. The Morgan fingerprint density at radius 3 is 2.40 bits per heavy atom. The Balaban J connectivity index is 1.37. The molecular weight excluding hydrogens is 453 g/mol. The average molecular weight is 495 g/mol. The maximum absolute atomic E-state index is 13.2. The van der Waals surface area contributed by atoms with Gasteiger partial charge in [0.2, 0.25) is 5.91 Å². The minimum Gasteiger partial charge on any atom is -0.369 e. The maximum Gasteiger partial charge on any atom is 0.416 e. The highest BCUT2D eigenvalue weighted by Gasteiger charge is 2.36. The van der Waals surface area contributed by atoms with E-state index in [9.17, 15) is 18.0 Å². The van der Waals surface area contributed by atoms with Crippen LogP contribution in [0.2, 0.25) is 0 Å². The third-order valence-electron chi connectivity index (χ3n) is 7.91. The van der Waals surface area contributed by atoms with Crippen molar-refractivity contribution >= 4 is 11.6 Å². The third kappa shape index (κ3) is 6.91. The van der Waals surface area contributed by atoms with Crippen molar-refractivity contribution in [2.24, 2.45) is 11.8 Å². The normalized spacial score (nSPS) is 25.0. The largest absolute Gasteiger partial charge is 0.416 e. The minimum atomic E-state index is -4.32. The van der Waals surface area contributed by atoms with Gasteiger partial charge in [-0.3, -0.25) is 9.69 Å². The van der Waals surface area contributed by atoms with Crippen LogP contribution >= 0.6 is 0 Å². The van der Waals surface area contributed by atoms with Gasteiger partial charge in [0.15, 0.2) is 0 Å². The van der Waals surface area contributed by atoms with E-state index < -0.39 is 11.7 Å².